The highest BCUT2D eigenvalue weighted by molar-refractivity contribution is 6.17. The first-order valence-electron chi connectivity index (χ1n) is 3.41. The van der Waals surface area contributed by atoms with Crippen LogP contribution in [0, 0.1) is 0 Å². The van der Waals surface area contributed by atoms with E-state index in [1.165, 1.54) is 0 Å². The van der Waals surface area contributed by atoms with Gasteiger partial charge < -0.3 is 5.11 Å². The molecule has 0 saturated heterocycles. The van der Waals surface area contributed by atoms with Gasteiger partial charge in [-0.25, -0.2) is 0 Å². The smallest absolute Gasteiger partial charge is 0.0631 e. The normalized spacial score (nSPS) is 17.3. The molecule has 1 unspecified atom stereocenters. The Kier molecular flexibility index (Phi) is 4.24. The maximum atomic E-state index is 9.43. The van der Waals surface area contributed by atoms with E-state index in [0.29, 0.717) is 12.3 Å². The summed E-state index contributed by atoms with van der Waals surface area (Å²) in [4.78, 5) is 0. The molecule has 0 radical (unpaired) electrons. The molecule has 0 heterocycles. The quantitative estimate of drug-likeness (QED) is 0.609. The van der Waals surface area contributed by atoms with Crippen LogP contribution in [0.5, 0.6) is 0 Å². The highest BCUT2D eigenvalue weighted by atomic mass is 35.5. The van der Waals surface area contributed by atoms with Crippen LogP contribution in [0.1, 0.15) is 33.1 Å². The van der Waals surface area contributed by atoms with Crippen molar-refractivity contribution in [3.05, 3.63) is 0 Å². The third kappa shape index (κ3) is 4.73. The van der Waals surface area contributed by atoms with E-state index in [0.717, 1.165) is 12.8 Å². The summed E-state index contributed by atoms with van der Waals surface area (Å²) in [5.41, 5.74) is -0.531. The Morgan fingerprint density at radius 2 is 2.00 bits per heavy atom. The second kappa shape index (κ2) is 4.13. The minimum atomic E-state index is -0.531. The number of rotatable bonds is 4. The van der Waals surface area contributed by atoms with Gasteiger partial charge in [0, 0.05) is 5.88 Å². The molecule has 0 aliphatic carbocycles. The molecule has 0 amide bonds. The minimum Gasteiger partial charge on any atom is -0.390 e. The van der Waals surface area contributed by atoms with E-state index >= 15 is 0 Å². The molecule has 2 heteroatoms. The fourth-order valence-electron chi connectivity index (χ4n) is 0.867. The molecular formula is C7H15ClO. The van der Waals surface area contributed by atoms with E-state index in [2.05, 4.69) is 6.92 Å². The molecule has 0 spiro atoms. The summed E-state index contributed by atoms with van der Waals surface area (Å²) in [5.74, 6) is 0.549. The van der Waals surface area contributed by atoms with Crippen LogP contribution >= 0.6 is 11.6 Å². The van der Waals surface area contributed by atoms with Crippen molar-refractivity contribution in [2.45, 2.75) is 38.7 Å². The molecule has 0 aromatic rings. The Labute approximate surface area is 62.0 Å². The van der Waals surface area contributed by atoms with Crippen molar-refractivity contribution >= 4 is 11.6 Å². The van der Waals surface area contributed by atoms with Crippen molar-refractivity contribution in [1.82, 2.24) is 0 Å². The Balaban J connectivity index is 3.43. The van der Waals surface area contributed by atoms with Crippen LogP contribution in [-0.2, 0) is 0 Å². The fourth-order valence-corrected chi connectivity index (χ4v) is 1.27. The van der Waals surface area contributed by atoms with Gasteiger partial charge in [-0.15, -0.1) is 11.6 Å². The molecule has 1 atom stereocenters. The first-order chi connectivity index (χ1) is 4.12. The Morgan fingerprint density at radius 3 is 2.33 bits per heavy atom. The number of aliphatic hydroxyl groups is 1. The van der Waals surface area contributed by atoms with Gasteiger partial charge in [0.2, 0.25) is 0 Å². The van der Waals surface area contributed by atoms with Gasteiger partial charge in [-0.1, -0.05) is 13.3 Å². The average Bonchev–Trinajstić information content (AvgIpc) is 1.64. The van der Waals surface area contributed by atoms with E-state index in [1.807, 2.05) is 6.92 Å². The summed E-state index contributed by atoms with van der Waals surface area (Å²) in [5, 5.41) is 9.43. The molecule has 0 saturated carbocycles. The molecule has 0 rings (SSSR count). The fraction of sp³-hybridized carbons (Fsp3) is 1.00. The highest BCUT2D eigenvalue weighted by Crippen LogP contribution is 2.16. The predicted octanol–water partition coefficient (Wildman–Crippen LogP) is 2.17. The molecule has 0 aromatic heterocycles. The summed E-state index contributed by atoms with van der Waals surface area (Å²) in [6, 6.07) is 0. The summed E-state index contributed by atoms with van der Waals surface area (Å²) >= 11 is 5.46. The van der Waals surface area contributed by atoms with Crippen LogP contribution in [0.3, 0.4) is 0 Å². The molecule has 0 aliphatic rings. The second-order valence-electron chi connectivity index (χ2n) is 2.69. The van der Waals surface area contributed by atoms with Gasteiger partial charge in [0.05, 0.1) is 5.60 Å². The van der Waals surface area contributed by atoms with E-state index in [-0.39, 0.29) is 0 Å². The lowest BCUT2D eigenvalue weighted by Gasteiger charge is -2.20. The Bertz CT molecular complexity index is 63.3. The first-order valence-corrected chi connectivity index (χ1v) is 3.94. The van der Waals surface area contributed by atoms with Gasteiger partial charge in [0.1, 0.15) is 0 Å². The van der Waals surface area contributed by atoms with Gasteiger partial charge in [-0.2, -0.15) is 0 Å². The van der Waals surface area contributed by atoms with Crippen LogP contribution in [-0.4, -0.2) is 16.6 Å². The predicted molar refractivity (Wildman–Crippen MR) is 40.9 cm³/mol. The topological polar surface area (TPSA) is 20.2 Å². The van der Waals surface area contributed by atoms with Crippen molar-refractivity contribution in [2.24, 2.45) is 0 Å². The van der Waals surface area contributed by atoms with Gasteiger partial charge in [-0.05, 0) is 19.8 Å². The minimum absolute atomic E-state index is 0.531. The van der Waals surface area contributed by atoms with Crippen molar-refractivity contribution in [2.75, 3.05) is 5.88 Å². The van der Waals surface area contributed by atoms with Crippen molar-refractivity contribution in [3.8, 4) is 0 Å². The lowest BCUT2D eigenvalue weighted by atomic mass is 9.98. The monoisotopic (exact) mass is 150 g/mol. The molecule has 0 aromatic carbocycles. The number of hydrogen-bond donors (Lipinski definition) is 1. The van der Waals surface area contributed by atoms with Gasteiger partial charge >= 0.3 is 0 Å². The maximum Gasteiger partial charge on any atom is 0.0631 e. The molecule has 1 nitrogen and oxygen atoms in total. The molecule has 0 aliphatic heterocycles. The van der Waals surface area contributed by atoms with Crippen molar-refractivity contribution < 1.29 is 5.11 Å². The Morgan fingerprint density at radius 1 is 1.44 bits per heavy atom. The molecule has 1 N–H and O–H groups in total. The SMILES string of the molecule is CCCC(C)(O)CCCl. The van der Waals surface area contributed by atoms with E-state index in [1.54, 1.807) is 0 Å². The van der Waals surface area contributed by atoms with E-state index in [9.17, 15) is 5.11 Å². The third-order valence-electron chi connectivity index (χ3n) is 1.42. The summed E-state index contributed by atoms with van der Waals surface area (Å²) < 4.78 is 0. The lowest BCUT2D eigenvalue weighted by molar-refractivity contribution is 0.0472. The number of halogens is 1. The number of hydrogen-bond acceptors (Lipinski definition) is 1. The van der Waals surface area contributed by atoms with Crippen LogP contribution in [0.25, 0.3) is 0 Å². The van der Waals surface area contributed by atoms with Gasteiger partial charge in [0.15, 0.2) is 0 Å². The summed E-state index contributed by atoms with van der Waals surface area (Å²) in [6.45, 7) is 3.89. The molecule has 0 fully saturated rings. The zero-order valence-corrected chi connectivity index (χ0v) is 6.91. The standard InChI is InChI=1S/C7H15ClO/c1-3-4-7(2,9)5-6-8/h9H,3-6H2,1-2H3. The summed E-state index contributed by atoms with van der Waals surface area (Å²) in [7, 11) is 0. The van der Waals surface area contributed by atoms with Gasteiger partial charge in [-0.3, -0.25) is 0 Å². The third-order valence-corrected chi connectivity index (χ3v) is 1.61. The first kappa shape index (κ1) is 9.25. The zero-order chi connectivity index (χ0) is 7.33. The Hall–Kier alpha value is 0.250. The van der Waals surface area contributed by atoms with Gasteiger partial charge in [0.25, 0.3) is 0 Å². The van der Waals surface area contributed by atoms with Crippen molar-refractivity contribution in [3.63, 3.8) is 0 Å². The highest BCUT2D eigenvalue weighted by Gasteiger charge is 2.16. The van der Waals surface area contributed by atoms with Crippen LogP contribution < -0.4 is 0 Å². The van der Waals surface area contributed by atoms with E-state index in [4.69, 9.17) is 11.6 Å². The molecule has 56 valence electrons. The van der Waals surface area contributed by atoms with Crippen molar-refractivity contribution in [1.29, 1.82) is 0 Å². The van der Waals surface area contributed by atoms with Crippen LogP contribution in [0.2, 0.25) is 0 Å². The van der Waals surface area contributed by atoms with Crippen LogP contribution in [0.15, 0.2) is 0 Å². The lowest BCUT2D eigenvalue weighted by Crippen LogP contribution is -2.23. The van der Waals surface area contributed by atoms with Crippen LogP contribution in [0.4, 0.5) is 0 Å². The second-order valence-corrected chi connectivity index (χ2v) is 3.06. The zero-order valence-electron chi connectivity index (χ0n) is 6.15. The number of alkyl halides is 1. The maximum absolute atomic E-state index is 9.43. The van der Waals surface area contributed by atoms with E-state index < -0.39 is 5.60 Å². The molecule has 0 bridgehead atoms. The summed E-state index contributed by atoms with van der Waals surface area (Å²) in [6.07, 6.45) is 2.56. The largest absolute Gasteiger partial charge is 0.390 e. The molecule has 9 heavy (non-hydrogen) atoms. The molecular weight excluding hydrogens is 136 g/mol. The average molecular weight is 151 g/mol.